The minimum Gasteiger partial charge on any atom is -0.478 e. The first-order valence-corrected chi connectivity index (χ1v) is 10.5. The SMILES string of the molecule is CCOC(=O)c1cc(CC)sc1Br.CCc1cc(C(=O)O)c(Br)s1. The predicted molar refractivity (Wildman–Crippen MR) is 106 cm³/mol. The minimum atomic E-state index is -0.868. The van der Waals surface area contributed by atoms with Gasteiger partial charge >= 0.3 is 11.9 Å². The molecule has 2 aromatic rings. The van der Waals surface area contributed by atoms with Crippen molar-refractivity contribution in [1.82, 2.24) is 0 Å². The summed E-state index contributed by atoms with van der Waals surface area (Å²) < 4.78 is 6.48. The molecule has 0 aliphatic rings. The maximum Gasteiger partial charge on any atom is 0.340 e. The largest absolute Gasteiger partial charge is 0.478 e. The number of hydrogen-bond acceptors (Lipinski definition) is 5. The monoisotopic (exact) mass is 496 g/mol. The topological polar surface area (TPSA) is 63.6 Å². The van der Waals surface area contributed by atoms with E-state index in [1.165, 1.54) is 16.2 Å². The zero-order valence-corrected chi connectivity index (χ0v) is 18.3. The van der Waals surface area contributed by atoms with Crippen LogP contribution in [0.5, 0.6) is 0 Å². The summed E-state index contributed by atoms with van der Waals surface area (Å²) in [5.74, 6) is -1.11. The first kappa shape index (κ1) is 21.3. The first-order valence-electron chi connectivity index (χ1n) is 7.30. The number of hydrogen-bond donors (Lipinski definition) is 1. The van der Waals surface area contributed by atoms with Crippen molar-refractivity contribution in [3.63, 3.8) is 0 Å². The van der Waals surface area contributed by atoms with Gasteiger partial charge in [0.1, 0.15) is 0 Å². The van der Waals surface area contributed by atoms with Crippen LogP contribution in [-0.2, 0) is 17.6 Å². The highest BCUT2D eigenvalue weighted by molar-refractivity contribution is 9.11. The molecule has 0 saturated carbocycles. The number of rotatable bonds is 5. The fraction of sp³-hybridized carbons (Fsp3) is 0.375. The number of ether oxygens (including phenoxy) is 1. The number of aromatic carboxylic acids is 1. The Kier molecular flexibility index (Phi) is 9.18. The predicted octanol–water partition coefficient (Wildman–Crippen LogP) is 6.02. The van der Waals surface area contributed by atoms with E-state index >= 15 is 0 Å². The van der Waals surface area contributed by atoms with E-state index in [0.29, 0.717) is 21.5 Å². The third-order valence-corrected chi connectivity index (χ3v) is 6.86. The lowest BCUT2D eigenvalue weighted by molar-refractivity contribution is 0.0525. The average Bonchev–Trinajstić information content (AvgIpc) is 3.10. The lowest BCUT2D eigenvalue weighted by atomic mass is 10.3. The Balaban J connectivity index is 0.000000243. The van der Waals surface area contributed by atoms with Crippen molar-refractivity contribution in [3.8, 4) is 0 Å². The van der Waals surface area contributed by atoms with E-state index in [-0.39, 0.29) is 5.97 Å². The molecule has 0 unspecified atom stereocenters. The first-order chi connectivity index (χ1) is 11.3. The van der Waals surface area contributed by atoms with Crippen LogP contribution in [0.1, 0.15) is 51.2 Å². The van der Waals surface area contributed by atoms with E-state index in [2.05, 4.69) is 38.8 Å². The third-order valence-electron chi connectivity index (χ3n) is 2.90. The second-order valence-electron chi connectivity index (χ2n) is 4.53. The zero-order valence-electron chi connectivity index (χ0n) is 13.5. The Bertz CT molecular complexity index is 707. The highest BCUT2D eigenvalue weighted by Gasteiger charge is 2.14. The van der Waals surface area contributed by atoms with Crippen LogP contribution in [0, 0.1) is 0 Å². The Hall–Kier alpha value is -0.700. The van der Waals surface area contributed by atoms with Crippen molar-refractivity contribution >= 4 is 66.5 Å². The molecule has 0 radical (unpaired) electrons. The van der Waals surface area contributed by atoms with Gasteiger partial charge in [0.25, 0.3) is 0 Å². The molecule has 0 fully saturated rings. The summed E-state index contributed by atoms with van der Waals surface area (Å²) >= 11 is 9.61. The maximum atomic E-state index is 11.3. The van der Waals surface area contributed by atoms with E-state index in [1.54, 1.807) is 24.3 Å². The number of carbonyl (C=O) groups is 2. The van der Waals surface area contributed by atoms with Crippen molar-refractivity contribution in [1.29, 1.82) is 0 Å². The molecule has 0 amide bonds. The van der Waals surface area contributed by atoms with Crippen molar-refractivity contribution in [2.45, 2.75) is 33.6 Å². The molecular formula is C16H18Br2O4S2. The van der Waals surface area contributed by atoms with Crippen LogP contribution in [0.4, 0.5) is 0 Å². The van der Waals surface area contributed by atoms with Gasteiger partial charge in [0, 0.05) is 9.75 Å². The van der Waals surface area contributed by atoms with Crippen molar-refractivity contribution < 1.29 is 19.4 Å². The molecule has 2 heterocycles. The summed E-state index contributed by atoms with van der Waals surface area (Å²) in [5, 5.41) is 8.65. The summed E-state index contributed by atoms with van der Waals surface area (Å²) in [6, 6.07) is 3.59. The lowest BCUT2D eigenvalue weighted by Gasteiger charge is -1.98. The lowest BCUT2D eigenvalue weighted by Crippen LogP contribution is -2.03. The molecule has 0 aliphatic heterocycles. The molecule has 0 bridgehead atoms. The second-order valence-corrected chi connectivity index (χ2v) is 9.44. The highest BCUT2D eigenvalue weighted by Crippen LogP contribution is 2.29. The Morgan fingerprint density at radius 1 is 1.00 bits per heavy atom. The van der Waals surface area contributed by atoms with Gasteiger partial charge in [0.15, 0.2) is 0 Å². The summed E-state index contributed by atoms with van der Waals surface area (Å²) in [6.07, 6.45) is 1.83. The van der Waals surface area contributed by atoms with Crippen LogP contribution >= 0.6 is 54.5 Å². The molecule has 24 heavy (non-hydrogen) atoms. The Morgan fingerprint density at radius 3 is 1.79 bits per heavy atom. The van der Waals surface area contributed by atoms with Gasteiger partial charge in [-0.05, 0) is 63.8 Å². The Labute approximate surface area is 166 Å². The summed E-state index contributed by atoms with van der Waals surface area (Å²) in [7, 11) is 0. The smallest absolute Gasteiger partial charge is 0.340 e. The molecular weight excluding hydrogens is 480 g/mol. The van der Waals surface area contributed by atoms with Gasteiger partial charge in [0.2, 0.25) is 0 Å². The van der Waals surface area contributed by atoms with Crippen LogP contribution in [0.3, 0.4) is 0 Å². The molecule has 2 aromatic heterocycles. The minimum absolute atomic E-state index is 0.245. The van der Waals surface area contributed by atoms with E-state index in [1.807, 2.05) is 13.0 Å². The maximum absolute atomic E-state index is 11.3. The molecule has 0 saturated heterocycles. The van der Waals surface area contributed by atoms with Crippen LogP contribution in [0.25, 0.3) is 0 Å². The molecule has 1 N–H and O–H groups in total. The van der Waals surface area contributed by atoms with Gasteiger partial charge in [0.05, 0.1) is 25.3 Å². The summed E-state index contributed by atoms with van der Waals surface area (Å²) in [6.45, 7) is 6.29. The average molecular weight is 498 g/mol. The second kappa shape index (κ2) is 10.3. The van der Waals surface area contributed by atoms with Crippen LogP contribution in [0.15, 0.2) is 19.7 Å². The van der Waals surface area contributed by atoms with E-state index in [4.69, 9.17) is 9.84 Å². The van der Waals surface area contributed by atoms with Gasteiger partial charge in [-0.2, -0.15) is 0 Å². The molecule has 4 nitrogen and oxygen atoms in total. The standard InChI is InChI=1S/C9H11BrO2S.C7H7BrO2S/c1-3-6-5-7(8(10)13-6)9(11)12-4-2;1-2-4-3-5(7(9)10)6(8)11-4/h5H,3-4H2,1-2H3;3H,2H2,1H3,(H,9,10). The summed E-state index contributed by atoms with van der Waals surface area (Å²) in [5.41, 5.74) is 1.01. The van der Waals surface area contributed by atoms with Crippen LogP contribution < -0.4 is 0 Å². The van der Waals surface area contributed by atoms with Gasteiger partial charge < -0.3 is 9.84 Å². The van der Waals surface area contributed by atoms with Gasteiger partial charge in [-0.15, -0.1) is 22.7 Å². The van der Waals surface area contributed by atoms with Gasteiger partial charge in [-0.1, -0.05) is 13.8 Å². The van der Waals surface area contributed by atoms with E-state index in [9.17, 15) is 9.59 Å². The van der Waals surface area contributed by atoms with Crippen molar-refractivity contribution in [2.24, 2.45) is 0 Å². The number of carboxylic acid groups (broad SMARTS) is 1. The molecule has 132 valence electrons. The fourth-order valence-corrected chi connectivity index (χ4v) is 5.10. The molecule has 8 heteroatoms. The fourth-order valence-electron chi connectivity index (χ4n) is 1.68. The zero-order chi connectivity index (χ0) is 18.3. The van der Waals surface area contributed by atoms with Crippen molar-refractivity contribution in [3.05, 3.63) is 40.6 Å². The van der Waals surface area contributed by atoms with Gasteiger partial charge in [-0.3, -0.25) is 0 Å². The van der Waals surface area contributed by atoms with Crippen LogP contribution in [-0.4, -0.2) is 23.7 Å². The van der Waals surface area contributed by atoms with Crippen molar-refractivity contribution in [2.75, 3.05) is 6.61 Å². The summed E-state index contributed by atoms with van der Waals surface area (Å²) in [4.78, 5) is 24.2. The third kappa shape index (κ3) is 5.98. The number of thiophene rings is 2. The molecule has 2 rings (SSSR count). The number of carbonyl (C=O) groups excluding carboxylic acids is 1. The van der Waals surface area contributed by atoms with Gasteiger partial charge in [-0.25, -0.2) is 9.59 Å². The number of aryl methyl sites for hydroxylation is 2. The molecule has 0 atom stereocenters. The van der Waals surface area contributed by atoms with E-state index < -0.39 is 5.97 Å². The van der Waals surface area contributed by atoms with Crippen LogP contribution in [0.2, 0.25) is 0 Å². The number of halogens is 2. The quantitative estimate of drug-likeness (QED) is 0.513. The highest BCUT2D eigenvalue weighted by atomic mass is 79.9. The number of carboxylic acids is 1. The normalized spacial score (nSPS) is 10.0. The molecule has 0 spiro atoms. The number of esters is 1. The molecule has 0 aromatic carbocycles. The Morgan fingerprint density at radius 2 is 1.46 bits per heavy atom. The molecule has 0 aliphatic carbocycles. The van der Waals surface area contributed by atoms with E-state index in [0.717, 1.165) is 21.5 Å².